The van der Waals surface area contributed by atoms with E-state index in [1.54, 1.807) is 0 Å². The number of aromatic amines is 1. The van der Waals surface area contributed by atoms with Crippen molar-refractivity contribution in [2.24, 2.45) is 0 Å². The Hall–Kier alpha value is -2.25. The Labute approximate surface area is 147 Å². The second kappa shape index (κ2) is 8.73. The van der Waals surface area contributed by atoms with Gasteiger partial charge in [0.25, 0.3) is 0 Å². The lowest BCUT2D eigenvalue weighted by molar-refractivity contribution is -0.139. The van der Waals surface area contributed by atoms with Gasteiger partial charge in [-0.15, -0.1) is 0 Å². The summed E-state index contributed by atoms with van der Waals surface area (Å²) >= 11 is 0. The second-order valence-corrected chi connectivity index (χ2v) is 6.12. The topological polar surface area (TPSA) is 80.3 Å². The lowest BCUT2D eigenvalue weighted by Gasteiger charge is -2.31. The summed E-state index contributed by atoms with van der Waals surface area (Å²) in [6, 6.07) is 10.0. The molecule has 1 atom stereocenters. The van der Waals surface area contributed by atoms with E-state index in [1.807, 2.05) is 42.2 Å². The quantitative estimate of drug-likeness (QED) is 0.777. The van der Waals surface area contributed by atoms with E-state index >= 15 is 0 Å². The van der Waals surface area contributed by atoms with E-state index in [0.717, 1.165) is 11.4 Å². The minimum Gasteiger partial charge on any atom is -0.377 e. The van der Waals surface area contributed by atoms with Gasteiger partial charge in [0.1, 0.15) is 11.9 Å². The highest BCUT2D eigenvalue weighted by Gasteiger charge is 2.27. The molecule has 0 radical (unpaired) electrons. The van der Waals surface area contributed by atoms with E-state index < -0.39 is 0 Å². The Morgan fingerprint density at radius 2 is 2.24 bits per heavy atom. The van der Waals surface area contributed by atoms with E-state index in [-0.39, 0.29) is 12.0 Å². The number of hydrogen-bond donors (Lipinski definition) is 1. The van der Waals surface area contributed by atoms with Gasteiger partial charge in [0.05, 0.1) is 19.8 Å². The highest BCUT2D eigenvalue weighted by molar-refractivity contribution is 5.76. The van der Waals surface area contributed by atoms with Gasteiger partial charge in [-0.2, -0.15) is 5.10 Å². The monoisotopic (exact) mass is 344 g/mol. The van der Waals surface area contributed by atoms with Crippen LogP contribution in [-0.2, 0) is 20.9 Å². The van der Waals surface area contributed by atoms with Crippen LogP contribution in [0.5, 0.6) is 0 Å². The van der Waals surface area contributed by atoms with Gasteiger partial charge in [-0.25, -0.2) is 4.98 Å². The first kappa shape index (κ1) is 17.6. The van der Waals surface area contributed by atoms with Crippen LogP contribution >= 0.6 is 0 Å². The normalized spacial score (nSPS) is 17.6. The molecule has 1 N–H and O–H groups in total. The van der Waals surface area contributed by atoms with Crippen LogP contribution in [0.4, 0.5) is 0 Å². The van der Waals surface area contributed by atoms with Gasteiger partial charge in [0.15, 0.2) is 5.82 Å². The minimum absolute atomic E-state index is 0.129. The first-order valence-electron chi connectivity index (χ1n) is 8.62. The van der Waals surface area contributed by atoms with Crippen LogP contribution in [0.2, 0.25) is 0 Å². The highest BCUT2D eigenvalue weighted by Crippen LogP contribution is 2.19. The SMILES string of the molecule is Cc1nc([C@H]2CN(C(=O)CCCOCc3ccccc3)CCO2)n[nH]1. The highest BCUT2D eigenvalue weighted by atomic mass is 16.5. The number of aromatic nitrogens is 3. The van der Waals surface area contributed by atoms with E-state index in [4.69, 9.17) is 9.47 Å². The van der Waals surface area contributed by atoms with Crippen LogP contribution in [-0.4, -0.2) is 52.3 Å². The van der Waals surface area contributed by atoms with E-state index in [9.17, 15) is 4.79 Å². The predicted molar refractivity (Wildman–Crippen MR) is 91.7 cm³/mol. The molecule has 0 unspecified atom stereocenters. The van der Waals surface area contributed by atoms with Crippen LogP contribution in [0.3, 0.4) is 0 Å². The molecule has 2 aromatic rings. The fraction of sp³-hybridized carbons (Fsp3) is 0.500. The fourth-order valence-electron chi connectivity index (χ4n) is 2.78. The Morgan fingerprint density at radius 3 is 3.00 bits per heavy atom. The van der Waals surface area contributed by atoms with Crippen molar-refractivity contribution in [3.63, 3.8) is 0 Å². The average molecular weight is 344 g/mol. The molecule has 7 nitrogen and oxygen atoms in total. The van der Waals surface area contributed by atoms with Crippen LogP contribution < -0.4 is 0 Å². The van der Waals surface area contributed by atoms with E-state index in [1.165, 1.54) is 0 Å². The van der Waals surface area contributed by atoms with Crippen molar-refractivity contribution in [1.82, 2.24) is 20.1 Å². The van der Waals surface area contributed by atoms with Crippen LogP contribution in [0.1, 0.15) is 36.2 Å². The maximum absolute atomic E-state index is 12.4. The fourth-order valence-corrected chi connectivity index (χ4v) is 2.78. The summed E-state index contributed by atoms with van der Waals surface area (Å²) in [5.74, 6) is 1.49. The molecule has 134 valence electrons. The zero-order valence-electron chi connectivity index (χ0n) is 14.5. The molecule has 0 aliphatic carbocycles. The third-order valence-electron chi connectivity index (χ3n) is 4.11. The molecule has 7 heteroatoms. The Bertz CT molecular complexity index is 674. The smallest absolute Gasteiger partial charge is 0.222 e. The van der Waals surface area contributed by atoms with Gasteiger partial charge in [0.2, 0.25) is 5.91 Å². The molecule has 1 aromatic carbocycles. The number of amides is 1. The van der Waals surface area contributed by atoms with Crippen molar-refractivity contribution < 1.29 is 14.3 Å². The summed E-state index contributed by atoms with van der Waals surface area (Å²) in [7, 11) is 0. The summed E-state index contributed by atoms with van der Waals surface area (Å²) in [5, 5.41) is 6.94. The number of carbonyl (C=O) groups is 1. The van der Waals surface area contributed by atoms with Crippen molar-refractivity contribution >= 4 is 5.91 Å². The zero-order valence-corrected chi connectivity index (χ0v) is 14.5. The summed E-state index contributed by atoms with van der Waals surface area (Å²) in [6.07, 6.45) is 0.944. The second-order valence-electron chi connectivity index (χ2n) is 6.12. The summed E-state index contributed by atoms with van der Waals surface area (Å²) in [4.78, 5) is 18.5. The molecule has 1 aliphatic rings. The largest absolute Gasteiger partial charge is 0.377 e. The summed E-state index contributed by atoms with van der Waals surface area (Å²) < 4.78 is 11.3. The molecule has 1 aromatic heterocycles. The molecular formula is C18H24N4O3. The number of H-pyrrole nitrogens is 1. The standard InChI is InChI=1S/C18H24N4O3/c1-14-19-18(21-20-14)16-12-22(9-11-25-16)17(23)8-5-10-24-13-15-6-3-2-4-7-15/h2-4,6-7,16H,5,8-13H2,1H3,(H,19,20,21)/t16-/m1/s1. The lowest BCUT2D eigenvalue weighted by Crippen LogP contribution is -2.42. The predicted octanol–water partition coefficient (Wildman–Crippen LogP) is 2.01. The lowest BCUT2D eigenvalue weighted by atomic mass is 10.2. The molecule has 0 saturated carbocycles. The summed E-state index contributed by atoms with van der Waals surface area (Å²) in [6.45, 7) is 4.63. The first-order valence-corrected chi connectivity index (χ1v) is 8.62. The van der Waals surface area contributed by atoms with Crippen molar-refractivity contribution in [2.75, 3.05) is 26.3 Å². The number of nitrogens with zero attached hydrogens (tertiary/aromatic N) is 3. The van der Waals surface area contributed by atoms with Crippen LogP contribution in [0.15, 0.2) is 30.3 Å². The van der Waals surface area contributed by atoms with Gasteiger partial charge in [-0.05, 0) is 18.9 Å². The number of morpholine rings is 1. The van der Waals surface area contributed by atoms with Crippen molar-refractivity contribution in [3.05, 3.63) is 47.5 Å². The van der Waals surface area contributed by atoms with Gasteiger partial charge in [0, 0.05) is 19.6 Å². The van der Waals surface area contributed by atoms with Crippen molar-refractivity contribution in [1.29, 1.82) is 0 Å². The number of carbonyl (C=O) groups excluding carboxylic acids is 1. The number of hydrogen-bond acceptors (Lipinski definition) is 5. The van der Waals surface area contributed by atoms with Gasteiger partial charge in [-0.1, -0.05) is 30.3 Å². The molecule has 0 bridgehead atoms. The Balaban J connectivity index is 1.37. The van der Waals surface area contributed by atoms with E-state index in [2.05, 4.69) is 15.2 Å². The average Bonchev–Trinajstić information content (AvgIpc) is 3.09. The number of rotatable bonds is 7. The molecule has 0 spiro atoms. The third-order valence-corrected chi connectivity index (χ3v) is 4.11. The maximum atomic E-state index is 12.4. The molecule has 1 fully saturated rings. The first-order chi connectivity index (χ1) is 12.2. The van der Waals surface area contributed by atoms with Crippen LogP contribution in [0, 0.1) is 6.92 Å². The molecular weight excluding hydrogens is 320 g/mol. The molecule has 2 heterocycles. The molecule has 25 heavy (non-hydrogen) atoms. The zero-order chi connectivity index (χ0) is 17.5. The van der Waals surface area contributed by atoms with E-state index in [0.29, 0.717) is 51.6 Å². The van der Waals surface area contributed by atoms with Crippen LogP contribution in [0.25, 0.3) is 0 Å². The number of benzene rings is 1. The molecule has 1 amide bonds. The summed E-state index contributed by atoms with van der Waals surface area (Å²) in [5.41, 5.74) is 1.15. The van der Waals surface area contributed by atoms with Crippen molar-refractivity contribution in [3.8, 4) is 0 Å². The Kier molecular flexibility index (Phi) is 6.14. The Morgan fingerprint density at radius 1 is 1.40 bits per heavy atom. The maximum Gasteiger partial charge on any atom is 0.222 e. The van der Waals surface area contributed by atoms with Gasteiger partial charge < -0.3 is 14.4 Å². The van der Waals surface area contributed by atoms with Gasteiger partial charge >= 0.3 is 0 Å². The number of nitrogens with one attached hydrogen (secondary N) is 1. The number of ether oxygens (including phenoxy) is 2. The molecule has 1 saturated heterocycles. The third kappa shape index (κ3) is 5.11. The van der Waals surface area contributed by atoms with Crippen molar-refractivity contribution in [2.45, 2.75) is 32.5 Å². The minimum atomic E-state index is -0.253. The number of aryl methyl sites for hydroxylation is 1. The molecule has 1 aliphatic heterocycles. The molecule has 3 rings (SSSR count). The van der Waals surface area contributed by atoms with Gasteiger partial charge in [-0.3, -0.25) is 9.89 Å².